The molecule has 1 atom stereocenters. The standard InChI is InChI=1S/C13H17N5O2/c1-9-4-5-11(6-12(9)18(19)20)7-14-10(2)13-16-15-8-17(13)3/h4-6,8,10,14H,7H2,1-3H3. The van der Waals surface area contributed by atoms with Crippen LogP contribution in [-0.4, -0.2) is 19.7 Å². The van der Waals surface area contributed by atoms with Crippen LogP contribution in [0.1, 0.15) is 29.9 Å². The second-order valence-corrected chi connectivity index (χ2v) is 4.78. The van der Waals surface area contributed by atoms with Crippen LogP contribution in [0, 0.1) is 17.0 Å². The van der Waals surface area contributed by atoms with Crippen LogP contribution in [0.2, 0.25) is 0 Å². The maximum absolute atomic E-state index is 10.9. The van der Waals surface area contributed by atoms with Gasteiger partial charge in [-0.25, -0.2) is 0 Å². The quantitative estimate of drug-likeness (QED) is 0.665. The molecule has 0 saturated carbocycles. The number of nitrogens with one attached hydrogen (secondary N) is 1. The van der Waals surface area contributed by atoms with Gasteiger partial charge in [-0.3, -0.25) is 10.1 Å². The molecule has 0 amide bonds. The van der Waals surface area contributed by atoms with Crippen LogP contribution in [0.25, 0.3) is 0 Å². The zero-order chi connectivity index (χ0) is 14.7. The molecule has 0 aliphatic heterocycles. The molecule has 0 bridgehead atoms. The molecule has 0 fully saturated rings. The van der Waals surface area contributed by atoms with E-state index in [0.717, 1.165) is 11.4 Å². The maximum atomic E-state index is 10.9. The molecule has 0 radical (unpaired) electrons. The number of aromatic nitrogens is 3. The monoisotopic (exact) mass is 275 g/mol. The van der Waals surface area contributed by atoms with E-state index < -0.39 is 0 Å². The first-order chi connectivity index (χ1) is 9.49. The third-order valence-corrected chi connectivity index (χ3v) is 3.22. The maximum Gasteiger partial charge on any atom is 0.272 e. The number of benzene rings is 1. The lowest BCUT2D eigenvalue weighted by Crippen LogP contribution is -2.21. The number of hydrogen-bond donors (Lipinski definition) is 1. The lowest BCUT2D eigenvalue weighted by molar-refractivity contribution is -0.385. The molecule has 0 aliphatic rings. The molecular weight excluding hydrogens is 258 g/mol. The highest BCUT2D eigenvalue weighted by atomic mass is 16.6. The molecule has 106 valence electrons. The smallest absolute Gasteiger partial charge is 0.272 e. The average molecular weight is 275 g/mol. The van der Waals surface area contributed by atoms with Crippen LogP contribution in [-0.2, 0) is 13.6 Å². The molecule has 2 rings (SSSR count). The summed E-state index contributed by atoms with van der Waals surface area (Å²) in [6.07, 6.45) is 1.64. The normalized spacial score (nSPS) is 12.3. The first-order valence-electron chi connectivity index (χ1n) is 6.30. The summed E-state index contributed by atoms with van der Waals surface area (Å²) in [7, 11) is 1.88. The van der Waals surface area contributed by atoms with Gasteiger partial charge in [-0.15, -0.1) is 10.2 Å². The van der Waals surface area contributed by atoms with Crippen molar-refractivity contribution in [2.24, 2.45) is 7.05 Å². The van der Waals surface area contributed by atoms with Crippen LogP contribution < -0.4 is 5.32 Å². The van der Waals surface area contributed by atoms with E-state index in [1.54, 1.807) is 25.4 Å². The summed E-state index contributed by atoms with van der Waals surface area (Å²) >= 11 is 0. The Morgan fingerprint density at radius 1 is 1.50 bits per heavy atom. The van der Waals surface area contributed by atoms with Gasteiger partial charge in [-0.2, -0.15) is 0 Å². The molecule has 20 heavy (non-hydrogen) atoms. The lowest BCUT2D eigenvalue weighted by atomic mass is 10.1. The fourth-order valence-corrected chi connectivity index (χ4v) is 2.01. The van der Waals surface area contributed by atoms with Gasteiger partial charge in [0.15, 0.2) is 0 Å². The molecule has 0 spiro atoms. The summed E-state index contributed by atoms with van der Waals surface area (Å²) in [4.78, 5) is 10.6. The number of nitro benzene ring substituents is 1. The minimum Gasteiger partial charge on any atom is -0.319 e. The number of nitro groups is 1. The van der Waals surface area contributed by atoms with Crippen molar-refractivity contribution in [1.82, 2.24) is 20.1 Å². The van der Waals surface area contributed by atoms with E-state index in [4.69, 9.17) is 0 Å². The van der Waals surface area contributed by atoms with Crippen LogP contribution in [0.4, 0.5) is 5.69 Å². The highest BCUT2D eigenvalue weighted by Crippen LogP contribution is 2.19. The third kappa shape index (κ3) is 3.00. The molecule has 1 unspecified atom stereocenters. The summed E-state index contributed by atoms with van der Waals surface area (Å²) < 4.78 is 1.84. The van der Waals surface area contributed by atoms with Crippen molar-refractivity contribution in [3.05, 3.63) is 51.6 Å². The largest absolute Gasteiger partial charge is 0.319 e. The zero-order valence-corrected chi connectivity index (χ0v) is 11.7. The van der Waals surface area contributed by atoms with Crippen LogP contribution in [0.3, 0.4) is 0 Å². The van der Waals surface area contributed by atoms with Crippen molar-refractivity contribution < 1.29 is 4.92 Å². The molecule has 2 aromatic rings. The Bertz CT molecular complexity index is 623. The van der Waals surface area contributed by atoms with Crippen molar-refractivity contribution in [2.75, 3.05) is 0 Å². The van der Waals surface area contributed by atoms with Gasteiger partial charge in [0.05, 0.1) is 11.0 Å². The second kappa shape index (κ2) is 5.79. The van der Waals surface area contributed by atoms with Crippen LogP contribution in [0.5, 0.6) is 0 Å². The molecule has 1 aromatic carbocycles. The van der Waals surface area contributed by atoms with E-state index in [1.165, 1.54) is 0 Å². The Labute approximate surface area is 116 Å². The topological polar surface area (TPSA) is 85.9 Å². The van der Waals surface area contributed by atoms with Crippen molar-refractivity contribution >= 4 is 5.69 Å². The average Bonchev–Trinajstić information content (AvgIpc) is 2.83. The van der Waals surface area contributed by atoms with E-state index in [9.17, 15) is 10.1 Å². The van der Waals surface area contributed by atoms with Gasteiger partial charge in [-0.05, 0) is 19.4 Å². The van der Waals surface area contributed by atoms with Gasteiger partial charge in [0.25, 0.3) is 5.69 Å². The molecule has 7 heteroatoms. The SMILES string of the molecule is Cc1ccc(CNC(C)c2nncn2C)cc1[N+](=O)[O-]. The Hall–Kier alpha value is -2.28. The zero-order valence-electron chi connectivity index (χ0n) is 11.7. The third-order valence-electron chi connectivity index (χ3n) is 3.22. The van der Waals surface area contributed by atoms with E-state index in [1.807, 2.05) is 24.6 Å². The van der Waals surface area contributed by atoms with Gasteiger partial charge in [-0.1, -0.05) is 12.1 Å². The van der Waals surface area contributed by atoms with Crippen molar-refractivity contribution in [2.45, 2.75) is 26.4 Å². The molecule has 1 aromatic heterocycles. The lowest BCUT2D eigenvalue weighted by Gasteiger charge is -2.13. The molecular formula is C13H17N5O2. The first-order valence-corrected chi connectivity index (χ1v) is 6.30. The van der Waals surface area contributed by atoms with Crippen molar-refractivity contribution in [1.29, 1.82) is 0 Å². The second-order valence-electron chi connectivity index (χ2n) is 4.78. The predicted octanol–water partition coefficient (Wildman–Crippen LogP) is 1.88. The Morgan fingerprint density at radius 2 is 2.25 bits per heavy atom. The number of hydrogen-bond acceptors (Lipinski definition) is 5. The van der Waals surface area contributed by atoms with Gasteiger partial charge in [0, 0.05) is 25.2 Å². The molecule has 0 saturated heterocycles. The van der Waals surface area contributed by atoms with Crippen molar-refractivity contribution in [3.63, 3.8) is 0 Å². The van der Waals surface area contributed by atoms with Crippen LogP contribution in [0.15, 0.2) is 24.5 Å². The number of rotatable bonds is 5. The fraction of sp³-hybridized carbons (Fsp3) is 0.385. The van der Waals surface area contributed by atoms with Gasteiger partial charge < -0.3 is 9.88 Å². The Kier molecular flexibility index (Phi) is 4.09. The first kappa shape index (κ1) is 14.1. The van der Waals surface area contributed by atoms with Gasteiger partial charge in [0.2, 0.25) is 0 Å². The highest BCUT2D eigenvalue weighted by Gasteiger charge is 2.13. The van der Waals surface area contributed by atoms with E-state index >= 15 is 0 Å². The Morgan fingerprint density at radius 3 is 2.85 bits per heavy atom. The number of aryl methyl sites for hydroxylation is 2. The molecule has 1 N–H and O–H groups in total. The summed E-state index contributed by atoms with van der Waals surface area (Å²) in [5.41, 5.74) is 1.69. The Balaban J connectivity index is 2.06. The van der Waals surface area contributed by atoms with E-state index in [-0.39, 0.29) is 16.7 Å². The molecule has 7 nitrogen and oxygen atoms in total. The minimum absolute atomic E-state index is 0.0165. The summed E-state index contributed by atoms with van der Waals surface area (Å²) in [5, 5.41) is 22.0. The fourth-order valence-electron chi connectivity index (χ4n) is 2.01. The summed E-state index contributed by atoms with van der Waals surface area (Å²) in [5.74, 6) is 0.826. The summed E-state index contributed by atoms with van der Waals surface area (Å²) in [6, 6.07) is 5.27. The van der Waals surface area contributed by atoms with Crippen LogP contribution >= 0.6 is 0 Å². The van der Waals surface area contributed by atoms with E-state index in [2.05, 4.69) is 15.5 Å². The molecule has 1 heterocycles. The molecule has 0 aliphatic carbocycles. The van der Waals surface area contributed by atoms with E-state index in [0.29, 0.717) is 12.1 Å². The highest BCUT2D eigenvalue weighted by molar-refractivity contribution is 5.42. The van der Waals surface area contributed by atoms with Gasteiger partial charge in [0.1, 0.15) is 12.2 Å². The summed E-state index contributed by atoms with van der Waals surface area (Å²) in [6.45, 7) is 4.25. The predicted molar refractivity (Wildman–Crippen MR) is 74.1 cm³/mol. The van der Waals surface area contributed by atoms with Gasteiger partial charge >= 0.3 is 0 Å². The number of nitrogens with zero attached hydrogens (tertiary/aromatic N) is 4. The minimum atomic E-state index is -0.356. The van der Waals surface area contributed by atoms with Crippen molar-refractivity contribution in [3.8, 4) is 0 Å².